The lowest BCUT2D eigenvalue weighted by Crippen LogP contribution is -2.19. The lowest BCUT2D eigenvalue weighted by atomic mass is 10.2. The van der Waals surface area contributed by atoms with Crippen molar-refractivity contribution in [3.63, 3.8) is 0 Å². The van der Waals surface area contributed by atoms with Crippen LogP contribution in [-0.4, -0.2) is 32.6 Å². The van der Waals surface area contributed by atoms with E-state index in [0.717, 1.165) is 26.8 Å². The first-order valence-electron chi connectivity index (χ1n) is 10.0. The summed E-state index contributed by atoms with van der Waals surface area (Å²) < 4.78 is 49.5. The normalized spacial score (nSPS) is 12.3. The molecule has 0 aliphatic carbocycles. The highest BCUT2D eigenvalue weighted by atomic mass is 79.9. The van der Waals surface area contributed by atoms with Crippen LogP contribution in [0.4, 0.5) is 10.1 Å². The number of methoxy groups -OCH3 is 1. The molecule has 1 heterocycles. The van der Waals surface area contributed by atoms with E-state index in [1.54, 1.807) is 7.11 Å². The number of nitrogens with one attached hydrogen (secondary N) is 1. The molecule has 176 valence electrons. The van der Waals surface area contributed by atoms with Crippen LogP contribution in [0.2, 0.25) is 0 Å². The number of rotatable bonds is 7. The highest BCUT2D eigenvalue weighted by Crippen LogP contribution is 2.22. The predicted molar refractivity (Wildman–Crippen MR) is 133 cm³/mol. The molecule has 0 aliphatic rings. The van der Waals surface area contributed by atoms with Crippen molar-refractivity contribution in [3.8, 4) is 0 Å². The van der Waals surface area contributed by atoms with Crippen molar-refractivity contribution in [2.24, 2.45) is 4.99 Å². The van der Waals surface area contributed by atoms with Gasteiger partial charge in [0.05, 0.1) is 21.7 Å². The molecule has 4 rings (SSSR count). The first-order valence-corrected chi connectivity index (χ1v) is 13.1. The predicted octanol–water partition coefficient (Wildman–Crippen LogP) is 4.79. The zero-order valence-electron chi connectivity index (χ0n) is 17.9. The van der Waals surface area contributed by atoms with Gasteiger partial charge in [0, 0.05) is 29.4 Å². The number of benzene rings is 3. The number of sulfonamides is 1. The molecule has 0 radical (unpaired) electrons. The molecule has 7 nitrogen and oxygen atoms in total. The molecule has 1 N–H and O–H groups in total. The molecule has 0 atom stereocenters. The number of carbonyl (C=O) groups excluding carboxylic acids is 1. The first-order chi connectivity index (χ1) is 16.3. The van der Waals surface area contributed by atoms with Crippen LogP contribution < -0.4 is 9.52 Å². The number of halogens is 2. The summed E-state index contributed by atoms with van der Waals surface area (Å²) in [6.07, 6.45) is 0. The van der Waals surface area contributed by atoms with Crippen molar-refractivity contribution in [1.82, 2.24) is 4.57 Å². The molecule has 1 amide bonds. The highest BCUT2D eigenvalue weighted by Gasteiger charge is 2.15. The molecule has 0 saturated heterocycles. The van der Waals surface area contributed by atoms with Gasteiger partial charge in [-0.3, -0.25) is 9.52 Å². The zero-order valence-corrected chi connectivity index (χ0v) is 21.1. The van der Waals surface area contributed by atoms with Crippen molar-refractivity contribution in [1.29, 1.82) is 0 Å². The molecule has 0 fully saturated rings. The van der Waals surface area contributed by atoms with Crippen molar-refractivity contribution in [3.05, 3.63) is 87.4 Å². The Hall–Kier alpha value is -2.86. The first kappa shape index (κ1) is 24.3. The molecule has 0 unspecified atom stereocenters. The molecule has 0 aliphatic heterocycles. The fourth-order valence-electron chi connectivity index (χ4n) is 3.19. The van der Waals surface area contributed by atoms with Crippen LogP contribution in [0, 0.1) is 5.82 Å². The number of thiazole rings is 1. The average molecular weight is 564 g/mol. The molecular weight excluding hydrogens is 545 g/mol. The van der Waals surface area contributed by atoms with E-state index < -0.39 is 21.7 Å². The van der Waals surface area contributed by atoms with E-state index in [1.807, 2.05) is 22.8 Å². The summed E-state index contributed by atoms with van der Waals surface area (Å²) >= 11 is 4.85. The molecule has 34 heavy (non-hydrogen) atoms. The quantitative estimate of drug-likeness (QED) is 0.350. The summed E-state index contributed by atoms with van der Waals surface area (Å²) in [6.45, 7) is 1.00. The number of hydrogen-bond donors (Lipinski definition) is 1. The second-order valence-corrected chi connectivity index (χ2v) is 10.8. The van der Waals surface area contributed by atoms with Crippen LogP contribution >= 0.6 is 27.3 Å². The van der Waals surface area contributed by atoms with E-state index >= 15 is 0 Å². The van der Waals surface area contributed by atoms with E-state index in [0.29, 0.717) is 23.5 Å². The zero-order chi connectivity index (χ0) is 24.3. The molecule has 0 saturated carbocycles. The second kappa shape index (κ2) is 10.2. The summed E-state index contributed by atoms with van der Waals surface area (Å²) in [4.78, 5) is 17.6. The number of ether oxygens (including phenoxy) is 1. The molecule has 3 aromatic carbocycles. The van der Waals surface area contributed by atoms with Crippen LogP contribution in [-0.2, 0) is 21.3 Å². The van der Waals surface area contributed by atoms with Gasteiger partial charge in [-0.05, 0) is 66.7 Å². The Morgan fingerprint density at radius 2 is 1.82 bits per heavy atom. The van der Waals surface area contributed by atoms with Crippen LogP contribution in [0.25, 0.3) is 10.2 Å². The minimum atomic E-state index is -3.89. The largest absolute Gasteiger partial charge is 0.383 e. The molecular formula is C23H19BrFN3O4S2. The molecule has 0 bridgehead atoms. The smallest absolute Gasteiger partial charge is 0.279 e. The molecule has 4 aromatic rings. The average Bonchev–Trinajstić information content (AvgIpc) is 3.13. The topological polar surface area (TPSA) is 89.8 Å². The van der Waals surface area contributed by atoms with E-state index in [2.05, 4.69) is 25.6 Å². The number of hydrogen-bond acceptors (Lipinski definition) is 5. The Morgan fingerprint density at radius 1 is 1.12 bits per heavy atom. The monoisotopic (exact) mass is 563 g/mol. The van der Waals surface area contributed by atoms with Gasteiger partial charge in [0.25, 0.3) is 15.9 Å². The lowest BCUT2D eigenvalue weighted by Gasteiger charge is -2.08. The number of aromatic nitrogens is 1. The fraction of sp³-hybridized carbons (Fsp3) is 0.130. The SMILES string of the molecule is COCCn1c(=NC(=O)c2ccc(NS(=O)(=O)c3ccc(F)cc3)cc2)sc2cc(Br)ccc21. The Labute approximate surface area is 207 Å². The van der Waals surface area contributed by atoms with Crippen molar-refractivity contribution in [2.75, 3.05) is 18.4 Å². The van der Waals surface area contributed by atoms with E-state index in [1.165, 1.54) is 47.7 Å². The fourth-order valence-corrected chi connectivity index (χ4v) is 5.86. The number of carbonyl (C=O) groups is 1. The molecule has 0 spiro atoms. The Bertz CT molecular complexity index is 1510. The number of anilines is 1. The molecule has 11 heteroatoms. The van der Waals surface area contributed by atoms with E-state index in [9.17, 15) is 17.6 Å². The standard InChI is InChI=1S/C23H19BrFN3O4S2/c1-32-13-12-28-20-11-4-16(24)14-21(20)33-23(28)26-22(29)15-2-7-18(8-3-15)27-34(30,31)19-9-5-17(25)6-10-19/h2-11,14,27H,12-13H2,1H3. The van der Waals surface area contributed by atoms with Crippen LogP contribution in [0.15, 0.2) is 81.1 Å². The Balaban J connectivity index is 1.59. The third kappa shape index (κ3) is 5.44. The van der Waals surface area contributed by atoms with Crippen molar-refractivity contribution in [2.45, 2.75) is 11.4 Å². The van der Waals surface area contributed by atoms with Crippen LogP contribution in [0.5, 0.6) is 0 Å². The van der Waals surface area contributed by atoms with Crippen LogP contribution in [0.1, 0.15) is 10.4 Å². The summed E-state index contributed by atoms with van der Waals surface area (Å²) in [5.74, 6) is -0.981. The molecule has 1 aromatic heterocycles. The maximum atomic E-state index is 13.1. The third-order valence-electron chi connectivity index (χ3n) is 4.87. The van der Waals surface area contributed by atoms with Gasteiger partial charge in [-0.2, -0.15) is 4.99 Å². The van der Waals surface area contributed by atoms with Gasteiger partial charge in [0.1, 0.15) is 5.82 Å². The van der Waals surface area contributed by atoms with Gasteiger partial charge in [-0.25, -0.2) is 12.8 Å². The summed E-state index contributed by atoms with van der Waals surface area (Å²) in [7, 11) is -2.28. The van der Waals surface area contributed by atoms with E-state index in [-0.39, 0.29) is 10.6 Å². The lowest BCUT2D eigenvalue weighted by molar-refractivity contribution is 0.0997. The van der Waals surface area contributed by atoms with E-state index in [4.69, 9.17) is 4.74 Å². The minimum Gasteiger partial charge on any atom is -0.383 e. The van der Waals surface area contributed by atoms with Gasteiger partial charge in [-0.15, -0.1) is 0 Å². The van der Waals surface area contributed by atoms with Gasteiger partial charge < -0.3 is 9.30 Å². The summed E-state index contributed by atoms with van der Waals surface area (Å²) in [6, 6.07) is 16.3. The van der Waals surface area contributed by atoms with Crippen molar-refractivity contribution < 1.29 is 22.3 Å². The van der Waals surface area contributed by atoms with Crippen LogP contribution in [0.3, 0.4) is 0 Å². The highest BCUT2D eigenvalue weighted by molar-refractivity contribution is 9.10. The van der Waals surface area contributed by atoms with Gasteiger partial charge in [0.2, 0.25) is 0 Å². The Morgan fingerprint density at radius 3 is 2.50 bits per heavy atom. The number of amides is 1. The maximum absolute atomic E-state index is 13.1. The van der Waals surface area contributed by atoms with Crippen molar-refractivity contribution >= 4 is 59.1 Å². The Kier molecular flexibility index (Phi) is 7.27. The summed E-state index contributed by atoms with van der Waals surface area (Å²) in [5.41, 5.74) is 1.52. The number of nitrogens with zero attached hydrogens (tertiary/aromatic N) is 2. The second-order valence-electron chi connectivity index (χ2n) is 7.19. The third-order valence-corrected chi connectivity index (χ3v) is 7.80. The minimum absolute atomic E-state index is 0.0685. The maximum Gasteiger partial charge on any atom is 0.279 e. The number of fused-ring (bicyclic) bond motifs is 1. The van der Waals surface area contributed by atoms with Gasteiger partial charge in [0.15, 0.2) is 4.80 Å². The summed E-state index contributed by atoms with van der Waals surface area (Å²) in [5, 5.41) is 0. The van der Waals surface area contributed by atoms with Gasteiger partial charge >= 0.3 is 0 Å². The van der Waals surface area contributed by atoms with Gasteiger partial charge in [-0.1, -0.05) is 27.3 Å².